The number of nitrogens with zero attached hydrogens (tertiary/aromatic N) is 2. The highest BCUT2D eigenvalue weighted by molar-refractivity contribution is 5.36. The van der Waals surface area contributed by atoms with Crippen LogP contribution in [0.15, 0.2) is 30.5 Å². The fourth-order valence-electron chi connectivity index (χ4n) is 2.37. The number of hydrogen-bond donors (Lipinski definition) is 0. The zero-order valence-electron chi connectivity index (χ0n) is 12.3. The first-order valence-electron chi connectivity index (χ1n) is 6.81. The minimum absolute atomic E-state index is 0.147. The van der Waals surface area contributed by atoms with Gasteiger partial charge in [-0.15, -0.1) is 13.2 Å². The lowest BCUT2D eigenvalue weighted by molar-refractivity contribution is -0.274. The van der Waals surface area contributed by atoms with Gasteiger partial charge in [0.15, 0.2) is 0 Å². The van der Waals surface area contributed by atoms with Crippen molar-refractivity contribution in [3.8, 4) is 5.75 Å². The summed E-state index contributed by atoms with van der Waals surface area (Å²) in [6, 6.07) is 5.13. The van der Waals surface area contributed by atoms with Crippen molar-refractivity contribution in [1.82, 2.24) is 10.0 Å². The molecule has 1 aromatic carbocycles. The van der Waals surface area contributed by atoms with Crippen LogP contribution in [0.2, 0.25) is 0 Å². The van der Waals surface area contributed by atoms with E-state index in [1.54, 1.807) is 19.1 Å². The maximum Gasteiger partial charge on any atom is 0.573 e. The van der Waals surface area contributed by atoms with Crippen LogP contribution in [0.4, 0.5) is 13.2 Å². The second-order valence-electron chi connectivity index (χ2n) is 5.35. The van der Waals surface area contributed by atoms with E-state index < -0.39 is 6.36 Å². The average Bonchev–Trinajstić information content (AvgIpc) is 2.79. The number of rotatable bonds is 4. The molecular weight excluding hydrogens is 281 g/mol. The Hall–Kier alpha value is -1.69. The van der Waals surface area contributed by atoms with Gasteiger partial charge in [0.1, 0.15) is 5.75 Å². The van der Waals surface area contributed by atoms with E-state index in [0.29, 0.717) is 18.2 Å². The molecule has 3 nitrogen and oxygen atoms in total. The average molecular weight is 300 g/mol. The second kappa shape index (κ2) is 5.97. The van der Waals surface area contributed by atoms with E-state index in [-0.39, 0.29) is 5.75 Å². The van der Waals surface area contributed by atoms with Crippen molar-refractivity contribution in [2.75, 3.05) is 6.54 Å². The van der Waals surface area contributed by atoms with Gasteiger partial charge in [-0.2, -0.15) is 0 Å². The van der Waals surface area contributed by atoms with E-state index in [1.165, 1.54) is 6.07 Å². The Balaban J connectivity index is 2.07. The fourth-order valence-corrected chi connectivity index (χ4v) is 2.37. The quantitative estimate of drug-likeness (QED) is 0.840. The summed E-state index contributed by atoms with van der Waals surface area (Å²) in [6.07, 6.45) is -0.563. The molecule has 6 heteroatoms. The molecular formula is C15H19F3N2O. The largest absolute Gasteiger partial charge is 0.573 e. The van der Waals surface area contributed by atoms with Crippen LogP contribution in [0.25, 0.3) is 0 Å². The summed E-state index contributed by atoms with van der Waals surface area (Å²) >= 11 is 0. The van der Waals surface area contributed by atoms with Crippen LogP contribution in [-0.4, -0.2) is 29.0 Å². The smallest absolute Gasteiger partial charge is 0.406 e. The molecule has 1 aliphatic rings. The highest BCUT2D eigenvalue weighted by Gasteiger charge is 2.31. The van der Waals surface area contributed by atoms with Crippen LogP contribution in [-0.2, 0) is 6.54 Å². The predicted molar refractivity (Wildman–Crippen MR) is 74.4 cm³/mol. The third kappa shape index (κ3) is 4.14. The molecule has 0 N–H and O–H groups in total. The lowest BCUT2D eigenvalue weighted by Gasteiger charge is -2.32. The van der Waals surface area contributed by atoms with Crippen LogP contribution in [0.5, 0.6) is 5.75 Å². The van der Waals surface area contributed by atoms with Gasteiger partial charge < -0.3 is 9.75 Å². The molecule has 0 radical (unpaired) electrons. The third-order valence-corrected chi connectivity index (χ3v) is 3.26. The molecule has 2 rings (SSSR count). The normalized spacial score (nSPS) is 16.0. The van der Waals surface area contributed by atoms with Gasteiger partial charge >= 0.3 is 6.36 Å². The predicted octanol–water partition coefficient (Wildman–Crippen LogP) is 3.85. The molecule has 0 aliphatic carbocycles. The Morgan fingerprint density at radius 2 is 2.00 bits per heavy atom. The Bertz CT molecular complexity index is 526. The summed E-state index contributed by atoms with van der Waals surface area (Å²) in [5.74, 6) is -0.147. The molecule has 0 saturated carbocycles. The molecule has 1 heterocycles. The van der Waals surface area contributed by atoms with Crippen molar-refractivity contribution in [2.24, 2.45) is 0 Å². The maximum absolute atomic E-state index is 12.2. The van der Waals surface area contributed by atoms with Crippen LogP contribution in [0.3, 0.4) is 0 Å². The van der Waals surface area contributed by atoms with Gasteiger partial charge in [0, 0.05) is 25.3 Å². The summed E-state index contributed by atoms with van der Waals surface area (Å²) < 4.78 is 40.7. The number of halogens is 3. The standard InChI is InChI=1S/C15H19F3N2O/c1-11(2)20-8-4-7-19(20)10-13-5-6-14(12(3)9-13)21-15(16,17)18/h4-6,8-9,11H,7,10H2,1-3H3. The molecule has 0 atom stereocenters. The maximum atomic E-state index is 12.2. The fraction of sp³-hybridized carbons (Fsp3) is 0.467. The van der Waals surface area contributed by atoms with E-state index in [1.807, 2.05) is 6.20 Å². The molecule has 0 unspecified atom stereocenters. The summed E-state index contributed by atoms with van der Waals surface area (Å²) in [7, 11) is 0. The summed E-state index contributed by atoms with van der Waals surface area (Å²) in [5, 5.41) is 4.26. The molecule has 0 spiro atoms. The number of hydrogen-bond acceptors (Lipinski definition) is 3. The van der Waals surface area contributed by atoms with Crippen molar-refractivity contribution >= 4 is 0 Å². The van der Waals surface area contributed by atoms with Crippen LogP contribution < -0.4 is 4.74 Å². The number of benzene rings is 1. The second-order valence-corrected chi connectivity index (χ2v) is 5.35. The summed E-state index contributed by atoms with van der Waals surface area (Å²) in [4.78, 5) is 0. The van der Waals surface area contributed by atoms with Crippen molar-refractivity contribution < 1.29 is 17.9 Å². The highest BCUT2D eigenvalue weighted by atomic mass is 19.4. The molecule has 0 saturated heterocycles. The van der Waals surface area contributed by atoms with Gasteiger partial charge in [0.05, 0.1) is 0 Å². The van der Waals surface area contributed by atoms with Crippen molar-refractivity contribution in [3.63, 3.8) is 0 Å². The molecule has 21 heavy (non-hydrogen) atoms. The zero-order valence-corrected chi connectivity index (χ0v) is 12.3. The molecule has 1 aliphatic heterocycles. The van der Waals surface area contributed by atoms with Gasteiger partial charge in [-0.1, -0.05) is 18.2 Å². The van der Waals surface area contributed by atoms with E-state index in [4.69, 9.17) is 0 Å². The Morgan fingerprint density at radius 3 is 2.57 bits per heavy atom. The Morgan fingerprint density at radius 1 is 1.29 bits per heavy atom. The SMILES string of the molecule is Cc1cc(CN2CC=CN2C(C)C)ccc1OC(F)(F)F. The highest BCUT2D eigenvalue weighted by Crippen LogP contribution is 2.27. The van der Waals surface area contributed by atoms with Gasteiger partial charge in [-0.05, 0) is 38.0 Å². The molecule has 0 amide bonds. The first kappa shape index (κ1) is 15.7. The Labute approximate surface area is 122 Å². The first-order chi connectivity index (χ1) is 9.76. The Kier molecular flexibility index (Phi) is 4.46. The monoisotopic (exact) mass is 300 g/mol. The van der Waals surface area contributed by atoms with E-state index >= 15 is 0 Å². The topological polar surface area (TPSA) is 15.7 Å². The number of hydrazine groups is 1. The third-order valence-electron chi connectivity index (χ3n) is 3.26. The first-order valence-corrected chi connectivity index (χ1v) is 6.81. The van der Waals surface area contributed by atoms with Crippen molar-refractivity contribution in [2.45, 2.75) is 39.7 Å². The number of alkyl halides is 3. The van der Waals surface area contributed by atoms with E-state index in [2.05, 4.69) is 34.7 Å². The lowest BCUT2D eigenvalue weighted by atomic mass is 10.1. The van der Waals surface area contributed by atoms with Gasteiger partial charge in [-0.3, -0.25) is 0 Å². The summed E-state index contributed by atoms with van der Waals surface area (Å²) in [6.45, 7) is 7.26. The number of aryl methyl sites for hydroxylation is 1. The van der Waals surface area contributed by atoms with Gasteiger partial charge in [0.25, 0.3) is 0 Å². The van der Waals surface area contributed by atoms with Crippen LogP contribution in [0.1, 0.15) is 25.0 Å². The molecule has 1 aromatic rings. The van der Waals surface area contributed by atoms with Crippen molar-refractivity contribution in [3.05, 3.63) is 41.6 Å². The van der Waals surface area contributed by atoms with Crippen LogP contribution >= 0.6 is 0 Å². The van der Waals surface area contributed by atoms with E-state index in [0.717, 1.165) is 12.1 Å². The van der Waals surface area contributed by atoms with Crippen molar-refractivity contribution in [1.29, 1.82) is 0 Å². The zero-order chi connectivity index (χ0) is 15.6. The van der Waals surface area contributed by atoms with Gasteiger partial charge in [-0.25, -0.2) is 5.01 Å². The molecule has 0 fully saturated rings. The lowest BCUT2D eigenvalue weighted by Crippen LogP contribution is -2.39. The van der Waals surface area contributed by atoms with Crippen LogP contribution in [0, 0.1) is 6.92 Å². The van der Waals surface area contributed by atoms with Gasteiger partial charge in [0.2, 0.25) is 0 Å². The minimum Gasteiger partial charge on any atom is -0.406 e. The number of ether oxygens (including phenoxy) is 1. The molecule has 0 bridgehead atoms. The summed E-state index contributed by atoms with van der Waals surface area (Å²) in [5.41, 5.74) is 1.43. The molecule has 0 aromatic heterocycles. The molecule has 116 valence electrons. The van der Waals surface area contributed by atoms with E-state index in [9.17, 15) is 13.2 Å². The minimum atomic E-state index is -4.65.